The summed E-state index contributed by atoms with van der Waals surface area (Å²) in [7, 11) is 1.80. The van der Waals surface area contributed by atoms with Crippen molar-refractivity contribution in [3.8, 4) is 0 Å². The van der Waals surface area contributed by atoms with Crippen LogP contribution in [0.15, 0.2) is 18.2 Å². The van der Waals surface area contributed by atoms with Gasteiger partial charge >= 0.3 is 0 Å². The smallest absolute Gasteiger partial charge is 0.253 e. The SMILES string of the molecule is Cc1cc(F)cc(C(=O)N(C)C2CCNCC2)c1. The van der Waals surface area contributed by atoms with Crippen molar-refractivity contribution in [3.05, 3.63) is 35.1 Å². The Morgan fingerprint density at radius 2 is 2.00 bits per heavy atom. The second-order valence-electron chi connectivity index (χ2n) is 4.91. The molecule has 2 rings (SSSR count). The van der Waals surface area contributed by atoms with E-state index in [1.807, 2.05) is 0 Å². The number of carbonyl (C=O) groups is 1. The first kappa shape index (κ1) is 13.0. The lowest BCUT2D eigenvalue weighted by Crippen LogP contribution is -2.44. The first-order valence-corrected chi connectivity index (χ1v) is 6.33. The van der Waals surface area contributed by atoms with Gasteiger partial charge in [-0.2, -0.15) is 0 Å². The van der Waals surface area contributed by atoms with E-state index < -0.39 is 0 Å². The minimum Gasteiger partial charge on any atom is -0.339 e. The zero-order chi connectivity index (χ0) is 13.1. The molecule has 1 heterocycles. The van der Waals surface area contributed by atoms with Crippen LogP contribution in [-0.4, -0.2) is 37.0 Å². The molecule has 98 valence electrons. The van der Waals surface area contributed by atoms with E-state index >= 15 is 0 Å². The van der Waals surface area contributed by atoms with Gasteiger partial charge < -0.3 is 10.2 Å². The minimum atomic E-state index is -0.350. The Labute approximate surface area is 107 Å². The van der Waals surface area contributed by atoms with Crippen molar-refractivity contribution in [1.29, 1.82) is 0 Å². The highest BCUT2D eigenvalue weighted by atomic mass is 19.1. The molecule has 1 amide bonds. The molecule has 0 radical (unpaired) electrons. The van der Waals surface area contributed by atoms with E-state index in [0.29, 0.717) is 5.56 Å². The van der Waals surface area contributed by atoms with Gasteiger partial charge in [0, 0.05) is 18.7 Å². The van der Waals surface area contributed by atoms with Gasteiger partial charge in [0.25, 0.3) is 5.91 Å². The maximum Gasteiger partial charge on any atom is 0.253 e. The highest BCUT2D eigenvalue weighted by Gasteiger charge is 2.23. The van der Waals surface area contributed by atoms with Crippen molar-refractivity contribution in [2.24, 2.45) is 0 Å². The van der Waals surface area contributed by atoms with E-state index in [4.69, 9.17) is 0 Å². The highest BCUT2D eigenvalue weighted by molar-refractivity contribution is 5.94. The molecule has 1 fully saturated rings. The van der Waals surface area contributed by atoms with Crippen LogP contribution in [0, 0.1) is 12.7 Å². The van der Waals surface area contributed by atoms with E-state index in [1.54, 1.807) is 24.9 Å². The van der Waals surface area contributed by atoms with Gasteiger partial charge in [0.2, 0.25) is 0 Å². The molecule has 3 nitrogen and oxygen atoms in total. The fourth-order valence-corrected chi connectivity index (χ4v) is 2.42. The van der Waals surface area contributed by atoms with Crippen LogP contribution in [0.4, 0.5) is 4.39 Å². The number of nitrogens with one attached hydrogen (secondary N) is 1. The molecule has 1 aromatic carbocycles. The van der Waals surface area contributed by atoms with Crippen LogP contribution in [-0.2, 0) is 0 Å². The topological polar surface area (TPSA) is 32.3 Å². The van der Waals surface area contributed by atoms with Crippen molar-refractivity contribution in [2.75, 3.05) is 20.1 Å². The molecular formula is C14H19FN2O. The summed E-state index contributed by atoms with van der Waals surface area (Å²) in [5, 5.41) is 3.27. The summed E-state index contributed by atoms with van der Waals surface area (Å²) in [6.45, 7) is 3.67. The molecule has 1 aliphatic heterocycles. The van der Waals surface area contributed by atoms with E-state index in [-0.39, 0.29) is 17.8 Å². The number of aryl methyl sites for hydroxylation is 1. The standard InChI is InChI=1S/C14H19FN2O/c1-10-7-11(9-12(15)8-10)14(18)17(2)13-3-5-16-6-4-13/h7-9,13,16H,3-6H2,1-2H3. The van der Waals surface area contributed by atoms with Gasteiger partial charge in [0.1, 0.15) is 5.82 Å². The highest BCUT2D eigenvalue weighted by Crippen LogP contribution is 2.15. The largest absolute Gasteiger partial charge is 0.339 e. The van der Waals surface area contributed by atoms with E-state index in [9.17, 15) is 9.18 Å². The van der Waals surface area contributed by atoms with Crippen LogP contribution in [0.5, 0.6) is 0 Å². The lowest BCUT2D eigenvalue weighted by Gasteiger charge is -2.31. The number of rotatable bonds is 2. The lowest BCUT2D eigenvalue weighted by atomic mass is 10.0. The molecule has 4 heteroatoms. The number of benzene rings is 1. The summed E-state index contributed by atoms with van der Waals surface area (Å²) >= 11 is 0. The minimum absolute atomic E-state index is 0.0931. The second-order valence-corrected chi connectivity index (χ2v) is 4.91. The zero-order valence-electron chi connectivity index (χ0n) is 10.9. The maximum atomic E-state index is 13.3. The van der Waals surface area contributed by atoms with E-state index in [2.05, 4.69) is 5.32 Å². The molecule has 1 N–H and O–H groups in total. The van der Waals surface area contributed by atoms with Crippen molar-refractivity contribution in [3.63, 3.8) is 0 Å². The number of nitrogens with zero attached hydrogens (tertiary/aromatic N) is 1. The van der Waals surface area contributed by atoms with Gasteiger partial charge in [-0.3, -0.25) is 4.79 Å². The number of amides is 1. The Morgan fingerprint density at radius 3 is 2.61 bits per heavy atom. The lowest BCUT2D eigenvalue weighted by molar-refractivity contribution is 0.0702. The summed E-state index contributed by atoms with van der Waals surface area (Å²) in [4.78, 5) is 14.0. The zero-order valence-corrected chi connectivity index (χ0v) is 10.9. The summed E-state index contributed by atoms with van der Waals surface area (Å²) in [5.74, 6) is -0.443. The van der Waals surface area contributed by atoms with Crippen LogP contribution >= 0.6 is 0 Å². The van der Waals surface area contributed by atoms with Crippen LogP contribution in [0.3, 0.4) is 0 Å². The molecule has 18 heavy (non-hydrogen) atoms. The molecule has 1 aliphatic rings. The number of halogens is 1. The number of hydrogen-bond donors (Lipinski definition) is 1. The quantitative estimate of drug-likeness (QED) is 0.870. The van der Waals surface area contributed by atoms with Gasteiger partial charge in [-0.1, -0.05) is 0 Å². The maximum absolute atomic E-state index is 13.3. The summed E-state index contributed by atoms with van der Waals surface area (Å²) < 4.78 is 13.3. The fourth-order valence-electron chi connectivity index (χ4n) is 2.42. The number of carbonyl (C=O) groups excluding carboxylic acids is 1. The number of piperidine rings is 1. The normalized spacial score (nSPS) is 16.6. The first-order valence-electron chi connectivity index (χ1n) is 6.33. The first-order chi connectivity index (χ1) is 8.58. The molecule has 0 spiro atoms. The van der Waals surface area contributed by atoms with Gasteiger partial charge in [0.15, 0.2) is 0 Å². The van der Waals surface area contributed by atoms with Crippen LogP contribution in [0.25, 0.3) is 0 Å². The summed E-state index contributed by atoms with van der Waals surface area (Å²) in [5.41, 5.74) is 1.21. The van der Waals surface area contributed by atoms with Gasteiger partial charge in [-0.15, -0.1) is 0 Å². The van der Waals surface area contributed by atoms with Crippen molar-refractivity contribution < 1.29 is 9.18 Å². The summed E-state index contributed by atoms with van der Waals surface area (Å²) in [6, 6.07) is 4.74. The molecule has 0 aromatic heterocycles. The van der Waals surface area contributed by atoms with Crippen LogP contribution < -0.4 is 5.32 Å². The Morgan fingerprint density at radius 1 is 1.33 bits per heavy atom. The average molecular weight is 250 g/mol. The van der Waals surface area contributed by atoms with E-state index in [0.717, 1.165) is 31.5 Å². The molecule has 0 saturated carbocycles. The summed E-state index contributed by atoms with van der Waals surface area (Å²) in [6.07, 6.45) is 1.91. The second kappa shape index (κ2) is 5.48. The fraction of sp³-hybridized carbons (Fsp3) is 0.500. The molecule has 0 aliphatic carbocycles. The van der Waals surface area contributed by atoms with Crippen molar-refractivity contribution in [2.45, 2.75) is 25.8 Å². The Bertz CT molecular complexity index is 421. The predicted molar refractivity (Wildman–Crippen MR) is 69.1 cm³/mol. The Balaban J connectivity index is 2.14. The van der Waals surface area contributed by atoms with Crippen molar-refractivity contribution in [1.82, 2.24) is 10.2 Å². The van der Waals surface area contributed by atoms with Gasteiger partial charge in [-0.05, 0) is 56.6 Å². The van der Waals surface area contributed by atoms with Crippen LogP contribution in [0.1, 0.15) is 28.8 Å². The van der Waals surface area contributed by atoms with Gasteiger partial charge in [0.05, 0.1) is 0 Å². The molecule has 0 atom stereocenters. The third-order valence-electron chi connectivity index (χ3n) is 3.47. The molecular weight excluding hydrogens is 231 g/mol. The van der Waals surface area contributed by atoms with Gasteiger partial charge in [-0.25, -0.2) is 4.39 Å². The monoisotopic (exact) mass is 250 g/mol. The molecule has 1 saturated heterocycles. The molecule has 0 unspecified atom stereocenters. The average Bonchev–Trinajstić information content (AvgIpc) is 2.37. The third-order valence-corrected chi connectivity index (χ3v) is 3.47. The number of hydrogen-bond acceptors (Lipinski definition) is 2. The Hall–Kier alpha value is -1.42. The Kier molecular flexibility index (Phi) is 3.97. The molecule has 0 bridgehead atoms. The van der Waals surface area contributed by atoms with E-state index in [1.165, 1.54) is 12.1 Å². The molecule has 1 aromatic rings. The third kappa shape index (κ3) is 2.88. The van der Waals surface area contributed by atoms with Crippen molar-refractivity contribution >= 4 is 5.91 Å². The predicted octanol–water partition coefficient (Wildman–Crippen LogP) is 1.96. The van der Waals surface area contributed by atoms with Crippen LogP contribution in [0.2, 0.25) is 0 Å².